The third kappa shape index (κ3) is 5.34. The maximum absolute atomic E-state index is 13.4. The number of nitrogens with two attached hydrogens (primary N) is 2. The van der Waals surface area contributed by atoms with Crippen LogP contribution < -0.4 is 17.0 Å². The summed E-state index contributed by atoms with van der Waals surface area (Å²) < 4.78 is 63.5. The summed E-state index contributed by atoms with van der Waals surface area (Å²) >= 11 is 0. The van der Waals surface area contributed by atoms with Crippen molar-refractivity contribution in [2.75, 3.05) is 24.7 Å². The summed E-state index contributed by atoms with van der Waals surface area (Å²) in [4.78, 5) is 52.6. The second-order valence-corrected chi connectivity index (χ2v) is 13.7. The summed E-state index contributed by atoms with van der Waals surface area (Å²) in [5, 5.41) is 4.17. The van der Waals surface area contributed by atoms with Crippen molar-refractivity contribution in [3.05, 3.63) is 34.9 Å². The molecule has 10 atom stereocenters. The molecule has 23 heteroatoms. The van der Waals surface area contributed by atoms with Gasteiger partial charge >= 0.3 is 15.6 Å². The van der Waals surface area contributed by atoms with Crippen LogP contribution in [0.15, 0.2) is 23.6 Å². The summed E-state index contributed by atoms with van der Waals surface area (Å²) in [6, 6.07) is 0. The van der Waals surface area contributed by atoms with Crippen LogP contribution in [0, 0.1) is 11.8 Å². The number of aromatic nitrogens is 8. The second-order valence-electron chi connectivity index (χ2n) is 10.9. The molecular weight excluding hydrogens is 642 g/mol. The molecule has 10 unspecified atom stereocenters. The maximum atomic E-state index is 13.4. The van der Waals surface area contributed by atoms with E-state index >= 15 is 0 Å². The molecule has 0 aliphatic carbocycles. The summed E-state index contributed by atoms with van der Waals surface area (Å²) in [5.74, 6) is -1.45. The number of rotatable bonds is 2. The van der Waals surface area contributed by atoms with Gasteiger partial charge in [0.2, 0.25) is 5.95 Å². The molecule has 3 aliphatic rings. The number of hydrogen-bond acceptors (Lipinski definition) is 16. The molecule has 242 valence electrons. The van der Waals surface area contributed by atoms with Crippen LogP contribution in [0.5, 0.6) is 0 Å². The second kappa shape index (κ2) is 10.9. The van der Waals surface area contributed by atoms with E-state index in [2.05, 4.69) is 30.0 Å². The number of hydrogen-bond donors (Lipinski definition) is 5. The Morgan fingerprint density at radius 1 is 0.956 bits per heavy atom. The van der Waals surface area contributed by atoms with Gasteiger partial charge in [-0.3, -0.25) is 32.4 Å². The average molecular weight is 670 g/mol. The Kier molecular flexibility index (Phi) is 7.32. The van der Waals surface area contributed by atoms with Gasteiger partial charge in [0.1, 0.15) is 30.7 Å². The van der Waals surface area contributed by atoms with Gasteiger partial charge in [0, 0.05) is 11.8 Å². The SMILES string of the molecule is CC1C(c2cnc3c(N)ncnn23)OC2COP(=O)(O)OC3C(C)C(COP(=O)(O)OC21)OC3n1cnc2c(=O)[nH]c(N)nc21. The maximum Gasteiger partial charge on any atom is 0.472 e. The summed E-state index contributed by atoms with van der Waals surface area (Å²) in [7, 11) is -9.66. The first-order valence-electron chi connectivity index (χ1n) is 13.6. The smallest absolute Gasteiger partial charge is 0.381 e. The Labute approximate surface area is 252 Å². The van der Waals surface area contributed by atoms with Crippen LogP contribution in [0.3, 0.4) is 0 Å². The number of anilines is 2. The minimum absolute atomic E-state index is 0.0104. The van der Waals surface area contributed by atoms with Gasteiger partial charge in [0.15, 0.2) is 28.9 Å². The molecule has 4 aromatic rings. The number of phosphoric acid groups is 2. The quantitative estimate of drug-likeness (QED) is 0.176. The molecule has 0 spiro atoms. The number of imidazole rings is 2. The van der Waals surface area contributed by atoms with Crippen molar-refractivity contribution in [1.82, 2.24) is 39.1 Å². The van der Waals surface area contributed by atoms with E-state index in [0.29, 0.717) is 5.69 Å². The van der Waals surface area contributed by atoms with Gasteiger partial charge < -0.3 is 30.7 Å². The number of phosphoric ester groups is 2. The lowest BCUT2D eigenvalue weighted by molar-refractivity contribution is -0.0627. The van der Waals surface area contributed by atoms with E-state index < -0.39 is 83.0 Å². The molecular formula is C22H28N10O11P2. The summed E-state index contributed by atoms with van der Waals surface area (Å²) in [6.45, 7) is 2.23. The molecule has 0 radical (unpaired) electrons. The lowest BCUT2D eigenvalue weighted by atomic mass is 9.97. The number of aromatic amines is 1. The van der Waals surface area contributed by atoms with Crippen LogP contribution in [0.25, 0.3) is 16.8 Å². The Morgan fingerprint density at radius 3 is 2.42 bits per heavy atom. The van der Waals surface area contributed by atoms with Gasteiger partial charge in [-0.2, -0.15) is 10.1 Å². The molecule has 3 fully saturated rings. The first-order chi connectivity index (χ1) is 21.3. The van der Waals surface area contributed by atoms with Crippen LogP contribution in [0.1, 0.15) is 31.9 Å². The monoisotopic (exact) mass is 670 g/mol. The number of H-pyrrole nitrogens is 1. The van der Waals surface area contributed by atoms with Gasteiger partial charge in [0.05, 0.1) is 37.5 Å². The highest BCUT2D eigenvalue weighted by atomic mass is 31.2. The number of ether oxygens (including phenoxy) is 2. The van der Waals surface area contributed by atoms with E-state index in [9.17, 15) is 23.7 Å². The fraction of sp³-hybridized carbons (Fsp3) is 0.545. The normalized spacial score (nSPS) is 37.7. The Hall–Kier alpha value is -3.36. The fourth-order valence-corrected chi connectivity index (χ4v) is 7.86. The number of nitrogen functional groups attached to an aromatic ring is 2. The van der Waals surface area contributed by atoms with Gasteiger partial charge in [-0.05, 0) is 0 Å². The van der Waals surface area contributed by atoms with Crippen molar-refractivity contribution in [3.8, 4) is 0 Å². The van der Waals surface area contributed by atoms with Crippen LogP contribution in [0.4, 0.5) is 11.8 Å². The molecule has 45 heavy (non-hydrogen) atoms. The zero-order chi connectivity index (χ0) is 31.8. The Bertz CT molecular complexity index is 1930. The van der Waals surface area contributed by atoms with E-state index in [4.69, 9.17) is 39.0 Å². The van der Waals surface area contributed by atoms with E-state index in [-0.39, 0.29) is 28.6 Å². The van der Waals surface area contributed by atoms with E-state index in [0.717, 1.165) is 0 Å². The predicted octanol–water partition coefficient (Wildman–Crippen LogP) is 0.0494. The molecule has 0 amide bonds. The average Bonchev–Trinajstić information content (AvgIpc) is 3.72. The Morgan fingerprint density at radius 2 is 1.67 bits per heavy atom. The summed E-state index contributed by atoms with van der Waals surface area (Å²) in [5.41, 5.74) is 11.6. The molecule has 4 aromatic heterocycles. The van der Waals surface area contributed by atoms with Gasteiger partial charge in [0.25, 0.3) is 5.56 Å². The largest absolute Gasteiger partial charge is 0.472 e. The summed E-state index contributed by atoms with van der Waals surface area (Å²) in [6.07, 6.45) is -2.61. The van der Waals surface area contributed by atoms with Gasteiger partial charge in [-0.25, -0.2) is 28.6 Å². The molecule has 0 aromatic carbocycles. The van der Waals surface area contributed by atoms with E-state index in [1.54, 1.807) is 13.8 Å². The first kappa shape index (κ1) is 30.3. The molecule has 3 saturated heterocycles. The third-order valence-corrected chi connectivity index (χ3v) is 10.0. The molecule has 7 N–H and O–H groups in total. The van der Waals surface area contributed by atoms with Crippen molar-refractivity contribution in [2.24, 2.45) is 11.8 Å². The number of fused-ring (bicyclic) bond motifs is 5. The standard InChI is InChI=1S/C22H28N10O11P2/c1-8-11-4-38-44(34,35)42-15-9(2)14(10-3-25-19-17(23)26-6-28-32(10)19)40-12(15)5-39-45(36,37)43-16(8)21(41-11)31-7-27-13-18(31)29-22(24)30-20(13)33/h3,6-9,11-12,14-16,21H,4-5H2,1-2H3,(H,34,35)(H,36,37)(H2,23,26,28)(H3,24,29,30,33). The Balaban J connectivity index is 1.21. The minimum Gasteiger partial charge on any atom is -0.381 e. The molecule has 3 aliphatic heterocycles. The topological polar surface area (TPSA) is 289 Å². The zero-order valence-electron chi connectivity index (χ0n) is 23.5. The number of nitrogens with one attached hydrogen (secondary N) is 1. The molecule has 0 saturated carbocycles. The zero-order valence-corrected chi connectivity index (χ0v) is 25.3. The lowest BCUT2D eigenvalue weighted by Crippen LogP contribution is -2.32. The van der Waals surface area contributed by atoms with Gasteiger partial charge in [-0.1, -0.05) is 13.8 Å². The highest BCUT2D eigenvalue weighted by molar-refractivity contribution is 7.47. The van der Waals surface area contributed by atoms with Crippen molar-refractivity contribution in [2.45, 2.75) is 50.6 Å². The number of nitrogens with zero attached hydrogens (tertiary/aromatic N) is 7. The highest BCUT2D eigenvalue weighted by Gasteiger charge is 2.52. The highest BCUT2D eigenvalue weighted by Crippen LogP contribution is 2.55. The van der Waals surface area contributed by atoms with Crippen LogP contribution in [0.2, 0.25) is 0 Å². The fourth-order valence-electron chi connectivity index (χ4n) is 5.83. The third-order valence-electron chi connectivity index (χ3n) is 8.07. The van der Waals surface area contributed by atoms with Crippen molar-refractivity contribution < 1.29 is 46.5 Å². The predicted molar refractivity (Wildman–Crippen MR) is 149 cm³/mol. The van der Waals surface area contributed by atoms with Gasteiger partial charge in [-0.15, -0.1) is 0 Å². The van der Waals surface area contributed by atoms with E-state index in [1.807, 2.05) is 0 Å². The lowest BCUT2D eigenvalue weighted by Gasteiger charge is -2.26. The van der Waals surface area contributed by atoms with Crippen LogP contribution >= 0.6 is 15.6 Å². The van der Waals surface area contributed by atoms with Crippen molar-refractivity contribution in [1.29, 1.82) is 0 Å². The van der Waals surface area contributed by atoms with E-state index in [1.165, 1.54) is 27.9 Å². The van der Waals surface area contributed by atoms with Crippen LogP contribution in [-0.4, -0.2) is 86.5 Å². The first-order valence-corrected chi connectivity index (χ1v) is 16.6. The van der Waals surface area contributed by atoms with Crippen molar-refractivity contribution in [3.63, 3.8) is 0 Å². The molecule has 7 heterocycles. The van der Waals surface area contributed by atoms with Crippen molar-refractivity contribution >= 4 is 44.2 Å². The molecule has 7 rings (SSSR count). The molecule has 2 bridgehead atoms. The van der Waals surface area contributed by atoms with Crippen LogP contribution in [-0.2, 0) is 36.7 Å². The molecule has 21 nitrogen and oxygen atoms in total. The minimum atomic E-state index is -4.87.